The van der Waals surface area contributed by atoms with Gasteiger partial charge >= 0.3 is 12.1 Å². The molecule has 10 heteroatoms. The average Bonchev–Trinajstić information content (AvgIpc) is 2.82. The zero-order valence-electron chi connectivity index (χ0n) is 20.7. The van der Waals surface area contributed by atoms with Crippen LogP contribution in [0.15, 0.2) is 48.5 Å². The smallest absolute Gasteiger partial charge is 0.415 e. The Morgan fingerprint density at radius 1 is 1.00 bits per heavy atom. The van der Waals surface area contributed by atoms with Gasteiger partial charge in [0, 0.05) is 26.5 Å². The minimum Gasteiger partial charge on any atom is -0.492 e. The number of alkyl halides is 2. The van der Waals surface area contributed by atoms with Crippen LogP contribution >= 0.6 is 0 Å². The first-order valence-electron chi connectivity index (χ1n) is 11.6. The number of halogens is 2. The third kappa shape index (κ3) is 11.0. The number of ether oxygens (including phenoxy) is 4. The maximum Gasteiger partial charge on any atom is 0.415 e. The highest BCUT2D eigenvalue weighted by molar-refractivity contribution is 5.72. The van der Waals surface area contributed by atoms with Crippen LogP contribution in [0.3, 0.4) is 0 Å². The van der Waals surface area contributed by atoms with Crippen LogP contribution in [-0.4, -0.2) is 73.6 Å². The second-order valence-electron chi connectivity index (χ2n) is 8.27. The third-order valence-electron chi connectivity index (χ3n) is 4.96. The molecule has 1 amide bonds. The number of nitrogens with zero attached hydrogens (tertiary/aromatic N) is 1. The minimum atomic E-state index is -2.96. The molecule has 2 aromatic carbocycles. The lowest BCUT2D eigenvalue weighted by molar-refractivity contribution is -0.149. The van der Waals surface area contributed by atoms with Crippen molar-refractivity contribution in [1.82, 2.24) is 4.90 Å². The number of hydrogen-bond acceptors (Lipinski definition) is 6. The van der Waals surface area contributed by atoms with Crippen LogP contribution < -0.4 is 9.47 Å². The molecule has 2 rings (SSSR count). The highest BCUT2D eigenvalue weighted by Crippen LogP contribution is 2.16. The summed E-state index contributed by atoms with van der Waals surface area (Å²) in [5, 5.41) is 9.22. The fourth-order valence-corrected chi connectivity index (χ4v) is 3.12. The maximum atomic E-state index is 13.0. The Bertz CT molecular complexity index is 946. The summed E-state index contributed by atoms with van der Waals surface area (Å²) in [6, 6.07) is 13.8. The Balaban J connectivity index is 1.92. The second kappa shape index (κ2) is 14.4. The summed E-state index contributed by atoms with van der Waals surface area (Å²) < 4.78 is 47.3. The summed E-state index contributed by atoms with van der Waals surface area (Å²) in [6.07, 6.45) is -1.36. The van der Waals surface area contributed by atoms with E-state index in [-0.39, 0.29) is 32.7 Å². The summed E-state index contributed by atoms with van der Waals surface area (Å²) in [6.45, 7) is 4.14. The molecule has 0 bridgehead atoms. The average molecular weight is 510 g/mol. The van der Waals surface area contributed by atoms with Crippen LogP contribution in [0.5, 0.6) is 11.5 Å². The van der Waals surface area contributed by atoms with Crippen molar-refractivity contribution in [2.75, 3.05) is 39.5 Å². The molecular formula is C26H33F2NO7. The van der Waals surface area contributed by atoms with Gasteiger partial charge < -0.3 is 29.0 Å². The molecule has 0 fully saturated rings. The number of carbonyl (C=O) groups is 2. The van der Waals surface area contributed by atoms with Gasteiger partial charge in [0.15, 0.2) is 6.10 Å². The van der Waals surface area contributed by atoms with E-state index in [9.17, 15) is 23.5 Å². The summed E-state index contributed by atoms with van der Waals surface area (Å²) >= 11 is 0. The normalized spacial score (nSPS) is 12.1. The maximum absolute atomic E-state index is 13.0. The van der Waals surface area contributed by atoms with Crippen molar-refractivity contribution in [3.05, 3.63) is 59.7 Å². The highest BCUT2D eigenvalue weighted by Gasteiger charge is 2.22. The largest absolute Gasteiger partial charge is 0.492 e. The molecule has 8 nitrogen and oxygen atoms in total. The lowest BCUT2D eigenvalue weighted by Crippen LogP contribution is -2.39. The lowest BCUT2D eigenvalue weighted by atomic mass is 10.1. The number of hydrogen-bond donors (Lipinski definition) is 1. The van der Waals surface area contributed by atoms with Crippen LogP contribution in [0.25, 0.3) is 0 Å². The van der Waals surface area contributed by atoms with Crippen molar-refractivity contribution < 1.29 is 42.4 Å². The van der Waals surface area contributed by atoms with Gasteiger partial charge in [-0.1, -0.05) is 29.8 Å². The van der Waals surface area contributed by atoms with Gasteiger partial charge in [0.05, 0.1) is 13.2 Å². The lowest BCUT2D eigenvalue weighted by Gasteiger charge is -2.22. The fraction of sp³-hybridized carbons (Fsp3) is 0.462. The Hall–Kier alpha value is -3.24. The number of aryl methyl sites for hydroxylation is 1. The predicted molar refractivity (Wildman–Crippen MR) is 129 cm³/mol. The molecule has 1 N–H and O–H groups in total. The van der Waals surface area contributed by atoms with Gasteiger partial charge in [-0.25, -0.2) is 18.4 Å². The van der Waals surface area contributed by atoms with Crippen molar-refractivity contribution in [3.63, 3.8) is 0 Å². The molecule has 0 aliphatic heterocycles. The van der Waals surface area contributed by atoms with E-state index >= 15 is 0 Å². The second-order valence-corrected chi connectivity index (χ2v) is 8.27. The first-order chi connectivity index (χ1) is 17.1. The molecule has 0 aliphatic carbocycles. The van der Waals surface area contributed by atoms with Gasteiger partial charge in [-0.2, -0.15) is 0 Å². The van der Waals surface area contributed by atoms with E-state index in [1.165, 1.54) is 4.90 Å². The van der Waals surface area contributed by atoms with Gasteiger partial charge in [-0.3, -0.25) is 0 Å². The molecule has 0 aromatic heterocycles. The zero-order valence-corrected chi connectivity index (χ0v) is 20.7. The molecule has 1 atom stereocenters. The fourth-order valence-electron chi connectivity index (χ4n) is 3.12. The summed E-state index contributed by atoms with van der Waals surface area (Å²) in [5.74, 6) is -3.10. The summed E-state index contributed by atoms with van der Waals surface area (Å²) in [7, 11) is 0. The van der Waals surface area contributed by atoms with Crippen LogP contribution in [-0.2, 0) is 20.7 Å². The first-order valence-corrected chi connectivity index (χ1v) is 11.6. The number of rotatable bonds is 15. The van der Waals surface area contributed by atoms with Gasteiger partial charge in [-0.15, -0.1) is 0 Å². The third-order valence-corrected chi connectivity index (χ3v) is 4.96. The van der Waals surface area contributed by atoms with Gasteiger partial charge in [0.1, 0.15) is 24.7 Å². The molecule has 198 valence electrons. The van der Waals surface area contributed by atoms with E-state index < -0.39 is 30.7 Å². The van der Waals surface area contributed by atoms with E-state index in [1.807, 2.05) is 6.92 Å². The van der Waals surface area contributed by atoms with Crippen LogP contribution in [0.1, 0.15) is 25.0 Å². The SMILES string of the molecule is CCOC(Cc1ccc(OCCN(CCOCC(C)(F)F)C(=O)Oc2ccc(C)cc2)cc1)C(=O)O. The van der Waals surface area contributed by atoms with E-state index in [4.69, 9.17) is 18.9 Å². The van der Waals surface area contributed by atoms with Crippen LogP contribution in [0, 0.1) is 6.92 Å². The monoisotopic (exact) mass is 509 g/mol. The minimum absolute atomic E-state index is 0.0388. The Morgan fingerprint density at radius 2 is 1.61 bits per heavy atom. The molecule has 1 unspecified atom stereocenters. The Labute approximate surface area is 209 Å². The Morgan fingerprint density at radius 3 is 2.19 bits per heavy atom. The molecule has 0 radical (unpaired) electrons. The van der Waals surface area contributed by atoms with Crippen molar-refractivity contribution >= 4 is 12.1 Å². The number of carboxylic acids is 1. The molecule has 0 heterocycles. The predicted octanol–water partition coefficient (Wildman–Crippen LogP) is 4.58. The first kappa shape index (κ1) is 29.0. The van der Waals surface area contributed by atoms with E-state index in [1.54, 1.807) is 55.5 Å². The molecule has 0 saturated carbocycles. The number of aliphatic carboxylic acids is 1. The van der Waals surface area contributed by atoms with Crippen molar-refractivity contribution in [2.24, 2.45) is 0 Å². The standard InChI is InChI=1S/C26H33F2NO7/c1-4-34-23(24(30)31)17-20-7-11-21(12-8-20)35-16-14-29(13-15-33-18-26(3,27)28)25(32)36-22-9-5-19(2)6-10-22/h5-12,23H,4,13-18H2,1-3H3,(H,30,31). The molecule has 0 saturated heterocycles. The molecule has 36 heavy (non-hydrogen) atoms. The molecule has 0 aliphatic rings. The molecule has 0 spiro atoms. The van der Waals surface area contributed by atoms with Crippen molar-refractivity contribution in [1.29, 1.82) is 0 Å². The van der Waals surface area contributed by atoms with E-state index in [2.05, 4.69) is 0 Å². The van der Waals surface area contributed by atoms with Gasteiger partial charge in [0.2, 0.25) is 0 Å². The van der Waals surface area contributed by atoms with Gasteiger partial charge in [-0.05, 0) is 43.7 Å². The number of benzene rings is 2. The quantitative estimate of drug-likeness (QED) is 0.351. The van der Waals surface area contributed by atoms with Crippen molar-refractivity contribution in [3.8, 4) is 11.5 Å². The zero-order chi connectivity index (χ0) is 26.6. The van der Waals surface area contributed by atoms with Crippen LogP contribution in [0.2, 0.25) is 0 Å². The number of carboxylic acid groups (broad SMARTS) is 1. The van der Waals surface area contributed by atoms with Gasteiger partial charge in [0.25, 0.3) is 5.92 Å². The van der Waals surface area contributed by atoms with E-state index in [0.29, 0.717) is 18.1 Å². The Kier molecular flexibility index (Phi) is 11.6. The topological polar surface area (TPSA) is 94.5 Å². The molecular weight excluding hydrogens is 476 g/mol. The summed E-state index contributed by atoms with van der Waals surface area (Å²) in [5.41, 5.74) is 1.78. The molecule has 2 aromatic rings. The van der Waals surface area contributed by atoms with Crippen LogP contribution in [0.4, 0.5) is 13.6 Å². The number of carbonyl (C=O) groups excluding carboxylic acids is 1. The highest BCUT2D eigenvalue weighted by atomic mass is 19.3. The van der Waals surface area contributed by atoms with Crippen molar-refractivity contribution in [2.45, 2.75) is 39.2 Å². The number of amides is 1. The van der Waals surface area contributed by atoms with E-state index in [0.717, 1.165) is 18.1 Å². The summed E-state index contributed by atoms with van der Waals surface area (Å²) in [4.78, 5) is 25.2.